The Labute approximate surface area is 94.0 Å². The molecule has 2 N–H and O–H groups in total. The van der Waals surface area contributed by atoms with Crippen molar-refractivity contribution in [2.45, 2.75) is 13.8 Å². The summed E-state index contributed by atoms with van der Waals surface area (Å²) in [6, 6.07) is 2.72. The van der Waals surface area contributed by atoms with Gasteiger partial charge in [-0.05, 0) is 24.0 Å². The van der Waals surface area contributed by atoms with Crippen molar-refractivity contribution in [2.75, 3.05) is 23.7 Å². The Morgan fingerprint density at radius 3 is 2.56 bits per heavy atom. The van der Waals surface area contributed by atoms with E-state index < -0.39 is 11.6 Å². The molecule has 2 nitrogen and oxygen atoms in total. The minimum Gasteiger partial charge on any atom is -0.383 e. The van der Waals surface area contributed by atoms with Crippen LogP contribution in [-0.4, -0.2) is 13.1 Å². The van der Waals surface area contributed by atoms with E-state index in [4.69, 9.17) is 0 Å². The second kappa shape index (κ2) is 4.28. The van der Waals surface area contributed by atoms with E-state index in [1.165, 1.54) is 0 Å². The summed E-state index contributed by atoms with van der Waals surface area (Å²) in [5.41, 5.74) is 0.894. The van der Waals surface area contributed by atoms with Gasteiger partial charge in [0.05, 0.1) is 11.4 Å². The van der Waals surface area contributed by atoms with Gasteiger partial charge in [-0.15, -0.1) is 0 Å². The summed E-state index contributed by atoms with van der Waals surface area (Å²) >= 11 is 0. The average Bonchev–Trinajstić information content (AvgIpc) is 2.46. The maximum Gasteiger partial charge on any atom is 0.183 e. The third kappa shape index (κ3) is 1.96. The van der Waals surface area contributed by atoms with E-state index in [1.54, 1.807) is 6.07 Å². The number of halogens is 2. The van der Waals surface area contributed by atoms with Crippen molar-refractivity contribution in [3.63, 3.8) is 0 Å². The van der Waals surface area contributed by atoms with Gasteiger partial charge in [0.1, 0.15) is 0 Å². The summed E-state index contributed by atoms with van der Waals surface area (Å²) < 4.78 is 26.6. The lowest BCUT2D eigenvalue weighted by Gasteiger charge is -2.18. The molecule has 0 radical (unpaired) electrons. The first-order valence-corrected chi connectivity index (χ1v) is 5.55. The molecule has 1 aromatic rings. The van der Waals surface area contributed by atoms with Crippen LogP contribution in [0.5, 0.6) is 0 Å². The highest BCUT2D eigenvalue weighted by molar-refractivity contribution is 5.70. The highest BCUT2D eigenvalue weighted by Crippen LogP contribution is 2.30. The van der Waals surface area contributed by atoms with Crippen molar-refractivity contribution in [2.24, 2.45) is 11.8 Å². The van der Waals surface area contributed by atoms with Crippen LogP contribution in [0.15, 0.2) is 12.1 Å². The van der Waals surface area contributed by atoms with E-state index in [9.17, 15) is 8.78 Å². The summed E-state index contributed by atoms with van der Waals surface area (Å²) in [5, 5.41) is 6.14. The fourth-order valence-electron chi connectivity index (χ4n) is 1.89. The summed E-state index contributed by atoms with van der Waals surface area (Å²) in [4.78, 5) is 0. The number of rotatable bonds is 1. The Balaban J connectivity index is 2.27. The molecule has 0 saturated heterocycles. The minimum absolute atomic E-state index is 0.253. The topological polar surface area (TPSA) is 24.1 Å². The zero-order valence-corrected chi connectivity index (χ0v) is 9.48. The number of hydrogen-bond acceptors (Lipinski definition) is 2. The van der Waals surface area contributed by atoms with E-state index >= 15 is 0 Å². The van der Waals surface area contributed by atoms with Crippen molar-refractivity contribution < 1.29 is 8.78 Å². The molecule has 0 aromatic heterocycles. The second-order valence-electron chi connectivity index (χ2n) is 4.55. The predicted octanol–water partition coefficient (Wildman–Crippen LogP) is 3.07. The zero-order chi connectivity index (χ0) is 11.7. The van der Waals surface area contributed by atoms with Crippen LogP contribution >= 0.6 is 0 Å². The van der Waals surface area contributed by atoms with Crippen LogP contribution in [-0.2, 0) is 0 Å². The zero-order valence-electron chi connectivity index (χ0n) is 9.48. The Morgan fingerprint density at radius 1 is 1.19 bits per heavy atom. The van der Waals surface area contributed by atoms with Gasteiger partial charge < -0.3 is 10.6 Å². The van der Waals surface area contributed by atoms with E-state index in [0.717, 1.165) is 12.6 Å². The predicted molar refractivity (Wildman–Crippen MR) is 61.7 cm³/mol. The maximum atomic E-state index is 13.5. The molecule has 1 atom stereocenters. The SMILES string of the molecule is CC(C)C1CNc2ccc(F)c(F)c2NC1. The molecule has 1 aliphatic heterocycles. The van der Waals surface area contributed by atoms with Crippen LogP contribution in [0.4, 0.5) is 20.2 Å². The van der Waals surface area contributed by atoms with Gasteiger partial charge in [0.2, 0.25) is 0 Å². The Morgan fingerprint density at radius 2 is 1.88 bits per heavy atom. The van der Waals surface area contributed by atoms with Gasteiger partial charge in [-0.1, -0.05) is 13.8 Å². The largest absolute Gasteiger partial charge is 0.383 e. The lowest BCUT2D eigenvalue weighted by Crippen LogP contribution is -2.23. The van der Waals surface area contributed by atoms with Crippen LogP contribution < -0.4 is 10.6 Å². The molecule has 0 spiro atoms. The van der Waals surface area contributed by atoms with Crippen molar-refractivity contribution in [1.82, 2.24) is 0 Å². The van der Waals surface area contributed by atoms with Gasteiger partial charge in [-0.2, -0.15) is 0 Å². The van der Waals surface area contributed by atoms with E-state index in [1.807, 2.05) is 0 Å². The summed E-state index contributed by atoms with van der Waals surface area (Å²) in [6.45, 7) is 5.70. The standard InChI is InChI=1S/C12H16F2N2/c1-7(2)8-5-15-10-4-3-9(13)11(14)12(10)16-6-8/h3-4,7-8,15-16H,5-6H2,1-2H3. The quantitative estimate of drug-likeness (QED) is 0.769. The van der Waals surface area contributed by atoms with Crippen LogP contribution in [0, 0.1) is 23.5 Å². The first-order chi connectivity index (χ1) is 7.59. The molecule has 0 aliphatic carbocycles. The van der Waals surface area contributed by atoms with Gasteiger partial charge in [0.25, 0.3) is 0 Å². The highest BCUT2D eigenvalue weighted by atomic mass is 19.2. The first-order valence-electron chi connectivity index (χ1n) is 5.55. The Bertz CT molecular complexity index is 391. The first kappa shape index (κ1) is 11.2. The number of nitrogens with one attached hydrogen (secondary N) is 2. The van der Waals surface area contributed by atoms with Crippen molar-refractivity contribution in [3.05, 3.63) is 23.8 Å². The maximum absolute atomic E-state index is 13.5. The fraction of sp³-hybridized carbons (Fsp3) is 0.500. The van der Waals surface area contributed by atoms with Crippen LogP contribution in [0.1, 0.15) is 13.8 Å². The fourth-order valence-corrected chi connectivity index (χ4v) is 1.89. The molecule has 0 fully saturated rings. The monoisotopic (exact) mass is 226 g/mol. The van der Waals surface area contributed by atoms with Gasteiger partial charge in [-0.25, -0.2) is 8.78 Å². The van der Waals surface area contributed by atoms with Crippen molar-refractivity contribution in [1.29, 1.82) is 0 Å². The van der Waals surface area contributed by atoms with Crippen LogP contribution in [0.25, 0.3) is 0 Å². The van der Waals surface area contributed by atoms with Crippen LogP contribution in [0.2, 0.25) is 0 Å². The molecule has 2 rings (SSSR count). The van der Waals surface area contributed by atoms with E-state index in [2.05, 4.69) is 24.5 Å². The normalized spacial score (nSPS) is 19.7. The molecule has 0 bridgehead atoms. The molecule has 0 amide bonds. The lowest BCUT2D eigenvalue weighted by atomic mass is 9.96. The Hall–Kier alpha value is -1.32. The molecule has 88 valence electrons. The van der Waals surface area contributed by atoms with E-state index in [-0.39, 0.29) is 5.69 Å². The molecule has 1 unspecified atom stereocenters. The number of fused-ring (bicyclic) bond motifs is 1. The molecule has 1 heterocycles. The summed E-state index contributed by atoms with van der Waals surface area (Å²) in [6.07, 6.45) is 0. The molecule has 4 heteroatoms. The van der Waals surface area contributed by atoms with Gasteiger partial charge >= 0.3 is 0 Å². The molecule has 0 saturated carbocycles. The highest BCUT2D eigenvalue weighted by Gasteiger charge is 2.21. The lowest BCUT2D eigenvalue weighted by molar-refractivity contribution is 0.425. The smallest absolute Gasteiger partial charge is 0.183 e. The minimum atomic E-state index is -0.809. The summed E-state index contributed by atoms with van der Waals surface area (Å²) in [7, 11) is 0. The molecular formula is C12H16F2N2. The van der Waals surface area contributed by atoms with Gasteiger partial charge in [0.15, 0.2) is 11.6 Å². The Kier molecular flexibility index (Phi) is 2.99. The third-order valence-electron chi connectivity index (χ3n) is 3.13. The van der Waals surface area contributed by atoms with E-state index in [0.29, 0.717) is 24.1 Å². The average molecular weight is 226 g/mol. The van der Waals surface area contributed by atoms with Crippen LogP contribution in [0.3, 0.4) is 0 Å². The third-order valence-corrected chi connectivity index (χ3v) is 3.13. The van der Waals surface area contributed by atoms with Gasteiger partial charge in [-0.3, -0.25) is 0 Å². The van der Waals surface area contributed by atoms with Crippen molar-refractivity contribution >= 4 is 11.4 Å². The number of anilines is 2. The molecule has 1 aliphatic rings. The second-order valence-corrected chi connectivity index (χ2v) is 4.55. The molecular weight excluding hydrogens is 210 g/mol. The number of benzene rings is 1. The van der Waals surface area contributed by atoms with Crippen molar-refractivity contribution in [3.8, 4) is 0 Å². The number of hydrogen-bond donors (Lipinski definition) is 2. The van der Waals surface area contributed by atoms with Gasteiger partial charge in [0, 0.05) is 13.1 Å². The molecule has 16 heavy (non-hydrogen) atoms. The summed E-state index contributed by atoms with van der Waals surface area (Å²) in [5.74, 6) is -0.692. The molecule has 1 aromatic carbocycles.